The van der Waals surface area contributed by atoms with Gasteiger partial charge in [0.2, 0.25) is 11.8 Å². The maximum atomic E-state index is 11.8. The topological polar surface area (TPSA) is 63.2 Å². The number of amides is 1. The van der Waals surface area contributed by atoms with Gasteiger partial charge >= 0.3 is 0 Å². The highest BCUT2D eigenvalue weighted by atomic mass is 16.5. The van der Waals surface area contributed by atoms with Gasteiger partial charge in [-0.15, -0.1) is 0 Å². The summed E-state index contributed by atoms with van der Waals surface area (Å²) in [5, 5.41) is 5.98. The van der Waals surface area contributed by atoms with Crippen molar-refractivity contribution in [1.82, 2.24) is 10.3 Å². The van der Waals surface area contributed by atoms with Crippen molar-refractivity contribution in [2.75, 3.05) is 18.4 Å². The van der Waals surface area contributed by atoms with Crippen LogP contribution in [0.5, 0.6) is 5.88 Å². The fraction of sp³-hybridized carbons (Fsp3) is 0.571. The number of hydrogen-bond acceptors (Lipinski definition) is 4. The molecule has 0 bridgehead atoms. The van der Waals surface area contributed by atoms with Gasteiger partial charge in [-0.25, -0.2) is 4.98 Å². The van der Waals surface area contributed by atoms with Gasteiger partial charge in [0.05, 0.1) is 12.6 Å². The summed E-state index contributed by atoms with van der Waals surface area (Å²) >= 11 is 0. The zero-order chi connectivity index (χ0) is 13.7. The van der Waals surface area contributed by atoms with Crippen LogP contribution in [0.4, 0.5) is 5.69 Å². The summed E-state index contributed by atoms with van der Waals surface area (Å²) in [7, 11) is 0. The molecular formula is C14H21N3O2. The Bertz CT molecular complexity index is 430. The first-order chi connectivity index (χ1) is 9.15. The van der Waals surface area contributed by atoms with Crippen LogP contribution in [0.25, 0.3) is 0 Å². The fourth-order valence-electron chi connectivity index (χ4n) is 1.71. The molecule has 19 heavy (non-hydrogen) atoms. The molecule has 0 atom stereocenters. The average molecular weight is 263 g/mol. The van der Waals surface area contributed by atoms with Crippen LogP contribution in [0.15, 0.2) is 18.3 Å². The zero-order valence-corrected chi connectivity index (χ0v) is 11.5. The lowest BCUT2D eigenvalue weighted by molar-refractivity contribution is -0.115. The summed E-state index contributed by atoms with van der Waals surface area (Å²) in [5.41, 5.74) is 0.620. The van der Waals surface area contributed by atoms with Crippen molar-refractivity contribution in [1.29, 1.82) is 0 Å². The summed E-state index contributed by atoms with van der Waals surface area (Å²) in [6.45, 7) is 5.11. The van der Waals surface area contributed by atoms with E-state index < -0.39 is 0 Å². The number of pyridine rings is 1. The van der Waals surface area contributed by atoms with Gasteiger partial charge in [-0.05, 0) is 51.3 Å². The van der Waals surface area contributed by atoms with E-state index in [9.17, 15) is 4.79 Å². The number of ether oxygens (including phenoxy) is 1. The molecule has 0 saturated heterocycles. The van der Waals surface area contributed by atoms with Crippen LogP contribution < -0.4 is 15.4 Å². The maximum absolute atomic E-state index is 11.8. The van der Waals surface area contributed by atoms with Crippen molar-refractivity contribution in [3.63, 3.8) is 0 Å². The van der Waals surface area contributed by atoms with Crippen molar-refractivity contribution in [2.45, 2.75) is 32.8 Å². The van der Waals surface area contributed by atoms with Gasteiger partial charge in [0.25, 0.3) is 0 Å². The van der Waals surface area contributed by atoms with Crippen LogP contribution >= 0.6 is 0 Å². The predicted molar refractivity (Wildman–Crippen MR) is 74.2 cm³/mol. The molecule has 1 aromatic heterocycles. The van der Waals surface area contributed by atoms with E-state index in [0.29, 0.717) is 18.1 Å². The number of carbonyl (C=O) groups is 1. The van der Waals surface area contributed by atoms with Gasteiger partial charge in [-0.2, -0.15) is 0 Å². The molecule has 1 aromatic rings. The molecule has 1 aliphatic carbocycles. The normalized spacial score (nSPS) is 14.5. The number of rotatable bonds is 7. The van der Waals surface area contributed by atoms with Gasteiger partial charge in [-0.1, -0.05) is 0 Å². The molecule has 5 heteroatoms. The smallest absolute Gasteiger partial charge is 0.238 e. The summed E-state index contributed by atoms with van der Waals surface area (Å²) in [5.74, 6) is 1.17. The standard InChI is InChI=1S/C14H21N3O2/c1-10(2)19-14-12(4-3-7-16-14)17-13(18)9-15-8-11-5-6-11/h3-4,7,10-11,15H,5-6,8-9H2,1-2H3,(H,17,18). The third-order valence-electron chi connectivity index (χ3n) is 2.81. The van der Waals surface area contributed by atoms with Gasteiger partial charge in [0.15, 0.2) is 0 Å². The minimum atomic E-state index is -0.0674. The first-order valence-corrected chi connectivity index (χ1v) is 6.77. The van der Waals surface area contributed by atoms with E-state index in [-0.39, 0.29) is 12.0 Å². The molecule has 0 spiro atoms. The highest BCUT2D eigenvalue weighted by Gasteiger charge is 2.20. The van der Waals surface area contributed by atoms with E-state index >= 15 is 0 Å². The molecule has 0 aliphatic heterocycles. The number of carbonyl (C=O) groups excluding carboxylic acids is 1. The zero-order valence-electron chi connectivity index (χ0n) is 11.5. The summed E-state index contributed by atoms with van der Waals surface area (Å²) in [6, 6.07) is 3.57. The van der Waals surface area contributed by atoms with E-state index in [4.69, 9.17) is 4.74 Å². The van der Waals surface area contributed by atoms with Crippen molar-refractivity contribution in [3.05, 3.63) is 18.3 Å². The van der Waals surface area contributed by atoms with Crippen molar-refractivity contribution < 1.29 is 9.53 Å². The second-order valence-electron chi connectivity index (χ2n) is 5.15. The van der Waals surface area contributed by atoms with Gasteiger partial charge in [-0.3, -0.25) is 4.79 Å². The number of hydrogen-bond donors (Lipinski definition) is 2. The Morgan fingerprint density at radius 3 is 3.00 bits per heavy atom. The Kier molecular flexibility index (Phi) is 4.74. The molecular weight excluding hydrogens is 242 g/mol. The van der Waals surface area contributed by atoms with Gasteiger partial charge < -0.3 is 15.4 Å². The minimum Gasteiger partial charge on any atom is -0.473 e. The Balaban J connectivity index is 1.84. The summed E-state index contributed by atoms with van der Waals surface area (Å²) in [4.78, 5) is 15.9. The third kappa shape index (κ3) is 4.87. The predicted octanol–water partition coefficient (Wildman–Crippen LogP) is 1.81. The lowest BCUT2D eigenvalue weighted by atomic mass is 10.3. The Morgan fingerprint density at radius 2 is 2.32 bits per heavy atom. The first kappa shape index (κ1) is 13.8. The third-order valence-corrected chi connectivity index (χ3v) is 2.81. The molecule has 1 heterocycles. The van der Waals surface area contributed by atoms with E-state index in [0.717, 1.165) is 12.5 Å². The molecule has 2 rings (SSSR count). The molecule has 1 aliphatic rings. The van der Waals surface area contributed by atoms with E-state index in [1.165, 1.54) is 12.8 Å². The Hall–Kier alpha value is -1.62. The van der Waals surface area contributed by atoms with Gasteiger partial charge in [0, 0.05) is 6.20 Å². The summed E-state index contributed by atoms with van der Waals surface area (Å²) < 4.78 is 5.55. The van der Waals surface area contributed by atoms with Crippen molar-refractivity contribution in [3.8, 4) is 5.88 Å². The molecule has 104 valence electrons. The lowest BCUT2D eigenvalue weighted by Gasteiger charge is -2.13. The van der Waals surface area contributed by atoms with Crippen LogP contribution in [0.3, 0.4) is 0 Å². The molecule has 0 unspecified atom stereocenters. The van der Waals surface area contributed by atoms with Gasteiger partial charge in [0.1, 0.15) is 5.69 Å². The number of nitrogens with one attached hydrogen (secondary N) is 2. The number of anilines is 1. The van der Waals surface area contributed by atoms with Crippen LogP contribution in [-0.2, 0) is 4.79 Å². The minimum absolute atomic E-state index is 0.0264. The lowest BCUT2D eigenvalue weighted by Crippen LogP contribution is -2.29. The monoisotopic (exact) mass is 263 g/mol. The van der Waals surface area contributed by atoms with Crippen molar-refractivity contribution >= 4 is 11.6 Å². The fourth-order valence-corrected chi connectivity index (χ4v) is 1.71. The Morgan fingerprint density at radius 1 is 1.53 bits per heavy atom. The van der Waals surface area contributed by atoms with Crippen LogP contribution in [0.2, 0.25) is 0 Å². The molecule has 2 N–H and O–H groups in total. The summed E-state index contributed by atoms with van der Waals surface area (Å²) in [6.07, 6.45) is 4.24. The maximum Gasteiger partial charge on any atom is 0.238 e. The first-order valence-electron chi connectivity index (χ1n) is 6.77. The quantitative estimate of drug-likeness (QED) is 0.787. The molecule has 1 fully saturated rings. The van der Waals surface area contributed by atoms with Crippen LogP contribution in [-0.4, -0.2) is 30.1 Å². The van der Waals surface area contributed by atoms with Crippen molar-refractivity contribution in [2.24, 2.45) is 5.92 Å². The van der Waals surface area contributed by atoms with E-state index in [2.05, 4.69) is 15.6 Å². The second-order valence-corrected chi connectivity index (χ2v) is 5.15. The SMILES string of the molecule is CC(C)Oc1ncccc1NC(=O)CNCC1CC1. The molecule has 0 aromatic carbocycles. The molecule has 5 nitrogen and oxygen atoms in total. The largest absolute Gasteiger partial charge is 0.473 e. The van der Waals surface area contributed by atoms with Crippen LogP contribution in [0.1, 0.15) is 26.7 Å². The second kappa shape index (κ2) is 6.52. The number of aromatic nitrogens is 1. The Labute approximate surface area is 113 Å². The average Bonchev–Trinajstić information content (AvgIpc) is 3.15. The van der Waals surface area contributed by atoms with Crippen LogP contribution in [0, 0.1) is 5.92 Å². The highest BCUT2D eigenvalue weighted by Crippen LogP contribution is 2.27. The molecule has 1 saturated carbocycles. The molecule has 0 radical (unpaired) electrons. The molecule has 1 amide bonds. The number of nitrogens with zero attached hydrogens (tertiary/aromatic N) is 1. The highest BCUT2D eigenvalue weighted by molar-refractivity contribution is 5.93. The van der Waals surface area contributed by atoms with E-state index in [1.54, 1.807) is 18.3 Å². The van der Waals surface area contributed by atoms with E-state index in [1.807, 2.05) is 13.8 Å².